The van der Waals surface area contributed by atoms with Crippen molar-refractivity contribution in [3.05, 3.63) is 23.3 Å². The minimum Gasteiger partial charge on any atom is -0.493 e. The Morgan fingerprint density at radius 2 is 2.00 bits per heavy atom. The van der Waals surface area contributed by atoms with E-state index >= 15 is 0 Å². The molecule has 2 aromatic rings. The van der Waals surface area contributed by atoms with Gasteiger partial charge in [0.05, 0.1) is 19.2 Å². The van der Waals surface area contributed by atoms with E-state index < -0.39 is 0 Å². The van der Waals surface area contributed by atoms with Gasteiger partial charge < -0.3 is 19.7 Å². The average molecular weight is 384 g/mol. The van der Waals surface area contributed by atoms with Gasteiger partial charge >= 0.3 is 0 Å². The summed E-state index contributed by atoms with van der Waals surface area (Å²) >= 11 is 0. The number of aromatic nitrogens is 1. The van der Waals surface area contributed by atoms with E-state index in [0.717, 1.165) is 48.6 Å². The normalized spacial score (nSPS) is 19.6. The molecule has 4 rings (SSSR count). The molecular weight excluding hydrogens is 350 g/mol. The minimum absolute atomic E-state index is 0.707. The fourth-order valence-corrected chi connectivity index (χ4v) is 4.68. The van der Waals surface area contributed by atoms with Crippen molar-refractivity contribution in [3.8, 4) is 11.5 Å². The number of pyridine rings is 1. The summed E-state index contributed by atoms with van der Waals surface area (Å²) < 4.78 is 11.8. The number of nitrogens with one attached hydrogen (secondary N) is 1. The molecule has 1 atom stereocenters. The highest BCUT2D eigenvalue weighted by Gasteiger charge is 2.23. The summed E-state index contributed by atoms with van der Waals surface area (Å²) in [7, 11) is 3.69. The lowest BCUT2D eigenvalue weighted by Crippen LogP contribution is -2.22. The zero-order chi connectivity index (χ0) is 19.5. The molecule has 0 bridgehead atoms. The first-order chi connectivity index (χ1) is 13.7. The van der Waals surface area contributed by atoms with E-state index in [2.05, 4.69) is 29.3 Å². The zero-order valence-electron chi connectivity index (χ0n) is 17.5. The van der Waals surface area contributed by atoms with Crippen LogP contribution in [0.4, 0.5) is 5.82 Å². The maximum absolute atomic E-state index is 6.12. The predicted molar refractivity (Wildman–Crippen MR) is 115 cm³/mol. The van der Waals surface area contributed by atoms with E-state index in [1.807, 2.05) is 7.05 Å². The first-order valence-corrected chi connectivity index (χ1v) is 10.8. The van der Waals surface area contributed by atoms with Crippen molar-refractivity contribution in [2.45, 2.75) is 45.4 Å². The van der Waals surface area contributed by atoms with E-state index in [-0.39, 0.29) is 0 Å². The van der Waals surface area contributed by atoms with Gasteiger partial charge in [0.2, 0.25) is 0 Å². The summed E-state index contributed by atoms with van der Waals surface area (Å²) in [5.74, 6) is 3.33. The highest BCUT2D eigenvalue weighted by atomic mass is 16.5. The van der Waals surface area contributed by atoms with Crippen LogP contribution >= 0.6 is 0 Å². The number of aryl methyl sites for hydroxylation is 1. The molecule has 1 aromatic carbocycles. The maximum Gasteiger partial charge on any atom is 0.163 e. The van der Waals surface area contributed by atoms with Gasteiger partial charge in [-0.25, -0.2) is 4.98 Å². The highest BCUT2D eigenvalue weighted by molar-refractivity contribution is 5.89. The van der Waals surface area contributed by atoms with E-state index in [1.165, 1.54) is 48.9 Å². The SMILES string of the molecule is CNc1nc2cc(OCCCN3CCCC3)c(OC)cc2c2c1CC(C)CC2. The Hall–Kier alpha value is -2.01. The molecule has 152 valence electrons. The second-order valence-electron chi connectivity index (χ2n) is 8.29. The summed E-state index contributed by atoms with van der Waals surface area (Å²) in [6.07, 6.45) is 7.13. The number of likely N-dealkylation sites (tertiary alicyclic amines) is 1. The number of fused-ring (bicyclic) bond motifs is 3. The third kappa shape index (κ3) is 3.90. The van der Waals surface area contributed by atoms with Crippen LogP contribution < -0.4 is 14.8 Å². The molecule has 0 saturated carbocycles. The van der Waals surface area contributed by atoms with Crippen molar-refractivity contribution >= 4 is 16.7 Å². The fourth-order valence-electron chi connectivity index (χ4n) is 4.68. The Morgan fingerprint density at radius 3 is 2.75 bits per heavy atom. The summed E-state index contributed by atoms with van der Waals surface area (Å²) in [5, 5.41) is 4.52. The van der Waals surface area contributed by atoms with Crippen molar-refractivity contribution < 1.29 is 9.47 Å². The van der Waals surface area contributed by atoms with Crippen LogP contribution in [-0.4, -0.2) is 50.3 Å². The van der Waals surface area contributed by atoms with Crippen LogP contribution in [0.5, 0.6) is 11.5 Å². The van der Waals surface area contributed by atoms with Crippen LogP contribution in [0.2, 0.25) is 0 Å². The summed E-state index contributed by atoms with van der Waals surface area (Å²) in [6.45, 7) is 6.62. The van der Waals surface area contributed by atoms with Crippen molar-refractivity contribution in [1.82, 2.24) is 9.88 Å². The molecule has 0 radical (unpaired) electrons. The maximum atomic E-state index is 6.12. The van der Waals surface area contributed by atoms with Crippen LogP contribution in [0, 0.1) is 5.92 Å². The second kappa shape index (κ2) is 8.56. The summed E-state index contributed by atoms with van der Waals surface area (Å²) in [5.41, 5.74) is 3.79. The Kier molecular flexibility index (Phi) is 5.90. The van der Waals surface area contributed by atoms with Crippen molar-refractivity contribution in [2.24, 2.45) is 5.92 Å². The van der Waals surface area contributed by atoms with Crippen LogP contribution in [0.1, 0.15) is 43.7 Å². The lowest BCUT2D eigenvalue weighted by atomic mass is 9.83. The molecule has 1 aliphatic carbocycles. The smallest absolute Gasteiger partial charge is 0.163 e. The Morgan fingerprint density at radius 1 is 1.18 bits per heavy atom. The molecule has 28 heavy (non-hydrogen) atoms. The standard InChI is InChI=1S/C23H33N3O2/c1-16-7-8-17-18-14-21(27-3)22(28-12-6-11-26-9-4-5-10-26)15-20(18)25-23(24-2)19(17)13-16/h14-16H,4-13H2,1-3H3,(H,24,25). The number of rotatable bonds is 7. The molecular formula is C23H33N3O2. The summed E-state index contributed by atoms with van der Waals surface area (Å²) in [4.78, 5) is 7.44. The van der Waals surface area contributed by atoms with Gasteiger partial charge in [0, 0.05) is 25.0 Å². The van der Waals surface area contributed by atoms with Crippen LogP contribution in [0.3, 0.4) is 0 Å². The van der Waals surface area contributed by atoms with Gasteiger partial charge in [0.15, 0.2) is 11.5 Å². The fraction of sp³-hybridized carbons (Fsp3) is 0.609. The molecule has 1 aliphatic heterocycles. The largest absolute Gasteiger partial charge is 0.493 e. The quantitative estimate of drug-likeness (QED) is 0.723. The Bertz CT molecular complexity index is 830. The number of ether oxygens (including phenoxy) is 2. The topological polar surface area (TPSA) is 46.6 Å². The number of methoxy groups -OCH3 is 1. The number of anilines is 1. The molecule has 5 nitrogen and oxygen atoms in total. The third-order valence-corrected chi connectivity index (χ3v) is 6.24. The van der Waals surface area contributed by atoms with E-state index in [4.69, 9.17) is 14.5 Å². The van der Waals surface area contributed by atoms with Gasteiger partial charge in [-0.3, -0.25) is 0 Å². The molecule has 1 N–H and O–H groups in total. The van der Waals surface area contributed by atoms with Gasteiger partial charge in [-0.2, -0.15) is 0 Å². The molecule has 0 amide bonds. The lowest BCUT2D eigenvalue weighted by Gasteiger charge is -2.25. The molecule has 0 spiro atoms. The number of nitrogens with zero attached hydrogens (tertiary/aromatic N) is 2. The van der Waals surface area contributed by atoms with Gasteiger partial charge in [-0.05, 0) is 74.7 Å². The minimum atomic E-state index is 0.707. The van der Waals surface area contributed by atoms with Crippen molar-refractivity contribution in [1.29, 1.82) is 0 Å². The molecule has 2 heterocycles. The van der Waals surface area contributed by atoms with Crippen LogP contribution in [0.25, 0.3) is 10.9 Å². The van der Waals surface area contributed by atoms with Gasteiger partial charge in [-0.1, -0.05) is 6.92 Å². The van der Waals surface area contributed by atoms with Crippen molar-refractivity contribution in [3.63, 3.8) is 0 Å². The molecule has 1 unspecified atom stereocenters. The monoisotopic (exact) mass is 383 g/mol. The first-order valence-electron chi connectivity index (χ1n) is 10.8. The molecule has 1 aromatic heterocycles. The third-order valence-electron chi connectivity index (χ3n) is 6.24. The molecule has 1 saturated heterocycles. The summed E-state index contributed by atoms with van der Waals surface area (Å²) in [6, 6.07) is 4.19. The predicted octanol–water partition coefficient (Wildman–Crippen LogP) is 4.27. The van der Waals surface area contributed by atoms with Gasteiger partial charge in [-0.15, -0.1) is 0 Å². The average Bonchev–Trinajstić information content (AvgIpc) is 3.23. The Balaban J connectivity index is 1.58. The second-order valence-corrected chi connectivity index (χ2v) is 8.29. The molecule has 2 aliphatic rings. The van der Waals surface area contributed by atoms with Gasteiger partial charge in [0.25, 0.3) is 0 Å². The first kappa shape index (κ1) is 19.3. The van der Waals surface area contributed by atoms with Crippen LogP contribution in [-0.2, 0) is 12.8 Å². The van der Waals surface area contributed by atoms with Crippen molar-refractivity contribution in [2.75, 3.05) is 45.7 Å². The van der Waals surface area contributed by atoms with Crippen LogP contribution in [0.15, 0.2) is 12.1 Å². The van der Waals surface area contributed by atoms with E-state index in [1.54, 1.807) is 7.11 Å². The Labute approximate surface area is 168 Å². The lowest BCUT2D eigenvalue weighted by molar-refractivity contribution is 0.254. The number of hydrogen-bond acceptors (Lipinski definition) is 5. The van der Waals surface area contributed by atoms with E-state index in [9.17, 15) is 0 Å². The van der Waals surface area contributed by atoms with Gasteiger partial charge in [0.1, 0.15) is 5.82 Å². The highest BCUT2D eigenvalue weighted by Crippen LogP contribution is 2.39. The molecule has 5 heteroatoms. The molecule has 1 fully saturated rings. The zero-order valence-corrected chi connectivity index (χ0v) is 17.5. The number of benzene rings is 1. The number of hydrogen-bond donors (Lipinski definition) is 1. The van der Waals surface area contributed by atoms with E-state index in [0.29, 0.717) is 12.5 Å².